The standard InChI is InChI=1S/C22H31N3O/c26-21-22(25(16-23-21)18-7-2-1-3-8-18)12-14-24(15-13-22)20-11-10-17-6-4-5-9-19(17)20/h1-3,7-8,17,19-20H,4-6,9-16H2,(H,23,26). The Kier molecular flexibility index (Phi) is 4.19. The molecular formula is C22H31N3O. The average molecular weight is 354 g/mol. The number of carbonyl (C=O) groups excluding carboxylic acids is 1. The van der Waals surface area contributed by atoms with Crippen LogP contribution in [0.2, 0.25) is 0 Å². The summed E-state index contributed by atoms with van der Waals surface area (Å²) >= 11 is 0. The number of nitrogens with zero attached hydrogens (tertiary/aromatic N) is 2. The Labute approximate surface area is 156 Å². The molecule has 0 aromatic heterocycles. The molecular weight excluding hydrogens is 322 g/mol. The third-order valence-electron chi connectivity index (χ3n) is 7.79. The van der Waals surface area contributed by atoms with Crippen LogP contribution in [0.25, 0.3) is 0 Å². The number of nitrogens with one attached hydrogen (secondary N) is 1. The topological polar surface area (TPSA) is 35.6 Å². The highest BCUT2D eigenvalue weighted by Gasteiger charge is 2.52. The minimum absolute atomic E-state index is 0.239. The number of rotatable bonds is 2. The second-order valence-corrected chi connectivity index (χ2v) is 8.85. The normalized spacial score (nSPS) is 34.1. The first kappa shape index (κ1) is 16.6. The number of piperidine rings is 1. The number of hydrogen-bond donors (Lipinski definition) is 1. The fourth-order valence-electron chi connectivity index (χ4n) is 6.41. The molecule has 4 fully saturated rings. The predicted octanol–water partition coefficient (Wildman–Crippen LogP) is 3.38. The summed E-state index contributed by atoms with van der Waals surface area (Å²) < 4.78 is 0. The smallest absolute Gasteiger partial charge is 0.247 e. The number of amides is 1. The van der Waals surface area contributed by atoms with E-state index in [0.717, 1.165) is 43.8 Å². The molecule has 4 nitrogen and oxygen atoms in total. The van der Waals surface area contributed by atoms with Gasteiger partial charge in [-0.15, -0.1) is 0 Å². The Morgan fingerprint density at radius 1 is 0.962 bits per heavy atom. The maximum Gasteiger partial charge on any atom is 0.247 e. The largest absolute Gasteiger partial charge is 0.339 e. The van der Waals surface area contributed by atoms with Crippen molar-refractivity contribution in [1.29, 1.82) is 0 Å². The number of anilines is 1. The Bertz CT molecular complexity index is 653. The molecule has 4 heteroatoms. The van der Waals surface area contributed by atoms with Crippen molar-refractivity contribution in [2.24, 2.45) is 11.8 Å². The number of hydrogen-bond acceptors (Lipinski definition) is 3. The molecule has 4 aliphatic rings. The van der Waals surface area contributed by atoms with Crippen molar-refractivity contribution in [2.75, 3.05) is 24.7 Å². The summed E-state index contributed by atoms with van der Waals surface area (Å²) in [4.78, 5) is 17.9. The number of fused-ring (bicyclic) bond motifs is 1. The van der Waals surface area contributed by atoms with Crippen LogP contribution in [0.1, 0.15) is 51.4 Å². The van der Waals surface area contributed by atoms with Gasteiger partial charge < -0.3 is 10.2 Å². The van der Waals surface area contributed by atoms with Crippen molar-refractivity contribution in [3.05, 3.63) is 30.3 Å². The van der Waals surface area contributed by atoms with Gasteiger partial charge in [-0.1, -0.05) is 37.5 Å². The van der Waals surface area contributed by atoms with Gasteiger partial charge in [0.05, 0.1) is 6.67 Å². The summed E-state index contributed by atoms with van der Waals surface area (Å²) in [6.45, 7) is 2.80. The van der Waals surface area contributed by atoms with Crippen molar-refractivity contribution in [3.63, 3.8) is 0 Å². The van der Waals surface area contributed by atoms with Crippen LogP contribution in [-0.2, 0) is 4.79 Å². The number of para-hydroxylation sites is 1. The highest BCUT2D eigenvalue weighted by Crippen LogP contribution is 2.46. The van der Waals surface area contributed by atoms with Crippen LogP contribution < -0.4 is 10.2 Å². The van der Waals surface area contributed by atoms with Crippen LogP contribution in [0.4, 0.5) is 5.69 Å². The van der Waals surface area contributed by atoms with E-state index in [-0.39, 0.29) is 11.4 Å². The molecule has 2 aliphatic carbocycles. The fourth-order valence-corrected chi connectivity index (χ4v) is 6.41. The van der Waals surface area contributed by atoms with E-state index in [2.05, 4.69) is 39.4 Å². The highest BCUT2D eigenvalue weighted by molar-refractivity contribution is 5.93. The van der Waals surface area contributed by atoms with Crippen LogP contribution in [0.15, 0.2) is 30.3 Å². The van der Waals surface area contributed by atoms with E-state index >= 15 is 0 Å². The Morgan fingerprint density at radius 3 is 2.54 bits per heavy atom. The van der Waals surface area contributed by atoms with Crippen molar-refractivity contribution in [3.8, 4) is 0 Å². The summed E-state index contributed by atoms with van der Waals surface area (Å²) in [7, 11) is 0. The number of likely N-dealkylation sites (tertiary alicyclic amines) is 1. The summed E-state index contributed by atoms with van der Waals surface area (Å²) in [6, 6.07) is 11.2. The predicted molar refractivity (Wildman–Crippen MR) is 104 cm³/mol. The van der Waals surface area contributed by atoms with Gasteiger partial charge in [0.15, 0.2) is 0 Å². The first-order valence-corrected chi connectivity index (χ1v) is 10.6. The minimum atomic E-state index is -0.331. The number of carbonyl (C=O) groups is 1. The summed E-state index contributed by atoms with van der Waals surface area (Å²) in [6.07, 6.45) is 10.5. The third-order valence-corrected chi connectivity index (χ3v) is 7.79. The van der Waals surface area contributed by atoms with Crippen molar-refractivity contribution in [1.82, 2.24) is 10.2 Å². The quantitative estimate of drug-likeness (QED) is 0.885. The SMILES string of the molecule is O=C1NCN(c2ccccc2)C12CCN(C1CCC3CCCCC31)CC2. The third kappa shape index (κ3) is 2.57. The summed E-state index contributed by atoms with van der Waals surface area (Å²) in [5, 5.41) is 3.13. The van der Waals surface area contributed by atoms with Crippen LogP contribution in [-0.4, -0.2) is 42.1 Å². The molecule has 3 atom stereocenters. The van der Waals surface area contributed by atoms with E-state index in [4.69, 9.17) is 0 Å². The van der Waals surface area contributed by atoms with Gasteiger partial charge in [-0.05, 0) is 56.1 Å². The summed E-state index contributed by atoms with van der Waals surface area (Å²) in [5.74, 6) is 2.16. The molecule has 2 aliphatic heterocycles. The fraction of sp³-hybridized carbons (Fsp3) is 0.682. The zero-order valence-electron chi connectivity index (χ0n) is 15.7. The first-order valence-electron chi connectivity index (χ1n) is 10.6. The molecule has 3 unspecified atom stereocenters. The Morgan fingerprint density at radius 2 is 1.73 bits per heavy atom. The number of benzene rings is 1. The molecule has 1 spiro atoms. The zero-order valence-corrected chi connectivity index (χ0v) is 15.7. The molecule has 1 aromatic carbocycles. The van der Waals surface area contributed by atoms with E-state index < -0.39 is 0 Å². The van der Waals surface area contributed by atoms with Gasteiger partial charge in [0, 0.05) is 24.8 Å². The second-order valence-electron chi connectivity index (χ2n) is 8.85. The molecule has 2 saturated carbocycles. The highest BCUT2D eigenvalue weighted by atomic mass is 16.2. The first-order chi connectivity index (χ1) is 12.8. The monoisotopic (exact) mass is 353 g/mol. The minimum Gasteiger partial charge on any atom is -0.339 e. The van der Waals surface area contributed by atoms with E-state index in [1.165, 1.54) is 44.2 Å². The van der Waals surface area contributed by atoms with Gasteiger partial charge in [-0.25, -0.2) is 0 Å². The van der Waals surface area contributed by atoms with Crippen LogP contribution in [0.5, 0.6) is 0 Å². The van der Waals surface area contributed by atoms with Gasteiger partial charge in [-0.2, -0.15) is 0 Å². The van der Waals surface area contributed by atoms with E-state index in [1.54, 1.807) is 0 Å². The van der Waals surface area contributed by atoms with Crippen LogP contribution in [0.3, 0.4) is 0 Å². The van der Waals surface area contributed by atoms with Crippen LogP contribution >= 0.6 is 0 Å². The van der Waals surface area contributed by atoms with Crippen molar-refractivity contribution < 1.29 is 4.79 Å². The lowest BCUT2D eigenvalue weighted by molar-refractivity contribution is -0.125. The van der Waals surface area contributed by atoms with Crippen molar-refractivity contribution in [2.45, 2.75) is 62.9 Å². The molecule has 26 heavy (non-hydrogen) atoms. The van der Waals surface area contributed by atoms with Crippen molar-refractivity contribution >= 4 is 11.6 Å². The molecule has 0 bridgehead atoms. The Hall–Kier alpha value is -1.55. The molecule has 0 radical (unpaired) electrons. The second kappa shape index (κ2) is 6.56. The Balaban J connectivity index is 1.32. The molecule has 1 aromatic rings. The van der Waals surface area contributed by atoms with E-state index in [0.29, 0.717) is 6.67 Å². The van der Waals surface area contributed by atoms with Gasteiger partial charge >= 0.3 is 0 Å². The lowest BCUT2D eigenvalue weighted by Gasteiger charge is -2.46. The van der Waals surface area contributed by atoms with Gasteiger partial charge in [-0.3, -0.25) is 9.69 Å². The molecule has 2 heterocycles. The van der Waals surface area contributed by atoms with Gasteiger partial charge in [0.2, 0.25) is 5.91 Å². The zero-order chi connectivity index (χ0) is 17.6. The average Bonchev–Trinajstić information content (AvgIpc) is 3.26. The van der Waals surface area contributed by atoms with Gasteiger partial charge in [0.25, 0.3) is 0 Å². The molecule has 5 rings (SSSR count). The lowest BCUT2D eigenvalue weighted by atomic mass is 9.79. The molecule has 1 amide bonds. The van der Waals surface area contributed by atoms with E-state index in [1.807, 2.05) is 6.07 Å². The molecule has 1 N–H and O–H groups in total. The lowest BCUT2D eigenvalue weighted by Crippen LogP contribution is -2.58. The maximum absolute atomic E-state index is 12.8. The van der Waals surface area contributed by atoms with E-state index in [9.17, 15) is 4.79 Å². The summed E-state index contributed by atoms with van der Waals surface area (Å²) in [5.41, 5.74) is 0.843. The molecule has 140 valence electrons. The molecule has 2 saturated heterocycles. The van der Waals surface area contributed by atoms with Crippen LogP contribution in [0, 0.1) is 11.8 Å². The van der Waals surface area contributed by atoms with Gasteiger partial charge in [0.1, 0.15) is 5.54 Å². The maximum atomic E-state index is 12.8.